The number of thiophene rings is 1. The van der Waals surface area contributed by atoms with E-state index < -0.39 is 0 Å². The van der Waals surface area contributed by atoms with Crippen LogP contribution >= 0.6 is 27.3 Å². The molecule has 4 nitrogen and oxygen atoms in total. The molecule has 0 saturated carbocycles. The fourth-order valence-electron chi connectivity index (χ4n) is 3.69. The zero-order valence-electron chi connectivity index (χ0n) is 12.5. The summed E-state index contributed by atoms with van der Waals surface area (Å²) >= 11 is 4.94. The summed E-state index contributed by atoms with van der Waals surface area (Å²) in [5, 5.41) is 1.96. The van der Waals surface area contributed by atoms with Crippen LogP contribution in [0.1, 0.15) is 35.4 Å². The van der Waals surface area contributed by atoms with Crippen LogP contribution in [0.4, 0.5) is 0 Å². The van der Waals surface area contributed by atoms with E-state index in [9.17, 15) is 4.79 Å². The van der Waals surface area contributed by atoms with E-state index in [0.29, 0.717) is 5.88 Å². The summed E-state index contributed by atoms with van der Waals surface area (Å²) in [6, 6.07) is 8.21. The highest BCUT2D eigenvalue weighted by molar-refractivity contribution is 9.10. The first-order valence-corrected chi connectivity index (χ1v) is 9.52. The van der Waals surface area contributed by atoms with Crippen molar-refractivity contribution in [3.8, 4) is 5.88 Å². The molecule has 2 bridgehead atoms. The number of piperidine rings is 1. The number of fused-ring (bicyclic) bond motifs is 2. The van der Waals surface area contributed by atoms with Crippen LogP contribution in [-0.4, -0.2) is 34.0 Å². The summed E-state index contributed by atoms with van der Waals surface area (Å²) in [7, 11) is 0. The Morgan fingerprint density at radius 1 is 1.30 bits per heavy atom. The largest absolute Gasteiger partial charge is 0.474 e. The molecule has 4 heterocycles. The van der Waals surface area contributed by atoms with Gasteiger partial charge in [0.15, 0.2) is 0 Å². The lowest BCUT2D eigenvalue weighted by Gasteiger charge is -2.38. The third-order valence-electron chi connectivity index (χ3n) is 4.63. The summed E-state index contributed by atoms with van der Waals surface area (Å²) in [4.78, 5) is 20.0. The van der Waals surface area contributed by atoms with Crippen molar-refractivity contribution < 1.29 is 9.53 Å². The number of carbonyl (C=O) groups excluding carboxylic acids is 1. The van der Waals surface area contributed by atoms with Gasteiger partial charge in [0.25, 0.3) is 5.91 Å². The van der Waals surface area contributed by atoms with Crippen LogP contribution < -0.4 is 4.74 Å². The van der Waals surface area contributed by atoms with Gasteiger partial charge in [-0.3, -0.25) is 4.79 Å². The Labute approximate surface area is 147 Å². The Balaban J connectivity index is 1.47. The van der Waals surface area contributed by atoms with Gasteiger partial charge in [0.2, 0.25) is 5.88 Å². The minimum atomic E-state index is 0.154. The molecule has 0 aromatic carbocycles. The predicted molar refractivity (Wildman–Crippen MR) is 92.9 cm³/mol. The standard InChI is InChI=1S/C17H17BrN2O2S/c18-11-7-15(23-10-11)17(21)20-12-4-5-13(20)9-14(8-12)22-16-3-1-2-6-19-16/h1-3,6-7,10,12-14H,4-5,8-9H2/t12-,13-/m0/s1. The van der Waals surface area contributed by atoms with Gasteiger partial charge < -0.3 is 9.64 Å². The zero-order chi connectivity index (χ0) is 15.8. The number of nitrogens with zero attached hydrogens (tertiary/aromatic N) is 2. The van der Waals surface area contributed by atoms with Crippen molar-refractivity contribution in [3.05, 3.63) is 45.2 Å². The Bertz CT molecular complexity index is 692. The molecule has 120 valence electrons. The Kier molecular flexibility index (Phi) is 4.11. The predicted octanol–water partition coefficient (Wildman–Crippen LogP) is 4.12. The van der Waals surface area contributed by atoms with Gasteiger partial charge >= 0.3 is 0 Å². The highest BCUT2D eigenvalue weighted by Gasteiger charge is 2.44. The third kappa shape index (κ3) is 3.02. The second kappa shape index (κ2) is 6.24. The van der Waals surface area contributed by atoms with E-state index >= 15 is 0 Å². The summed E-state index contributed by atoms with van der Waals surface area (Å²) < 4.78 is 7.00. The third-order valence-corrected chi connectivity index (χ3v) is 6.31. The average Bonchev–Trinajstić information content (AvgIpc) is 3.10. The highest BCUT2D eigenvalue weighted by Crippen LogP contribution is 2.38. The van der Waals surface area contributed by atoms with E-state index in [1.165, 1.54) is 11.3 Å². The number of carbonyl (C=O) groups is 1. The molecule has 2 saturated heterocycles. The van der Waals surface area contributed by atoms with Gasteiger partial charge in [-0.25, -0.2) is 4.98 Å². The molecule has 0 N–H and O–H groups in total. The maximum absolute atomic E-state index is 12.8. The second-order valence-electron chi connectivity index (χ2n) is 6.11. The summed E-state index contributed by atoms with van der Waals surface area (Å²) in [6.45, 7) is 0. The number of hydrogen-bond donors (Lipinski definition) is 0. The molecule has 6 heteroatoms. The minimum absolute atomic E-state index is 0.154. The van der Waals surface area contributed by atoms with E-state index in [1.54, 1.807) is 6.20 Å². The van der Waals surface area contributed by atoms with E-state index in [-0.39, 0.29) is 24.1 Å². The molecule has 2 fully saturated rings. The van der Waals surface area contributed by atoms with E-state index in [4.69, 9.17) is 4.74 Å². The molecule has 0 unspecified atom stereocenters. The van der Waals surface area contributed by atoms with Crippen molar-refractivity contribution in [2.75, 3.05) is 0 Å². The van der Waals surface area contributed by atoms with Gasteiger partial charge in [-0.15, -0.1) is 11.3 Å². The fourth-order valence-corrected chi connectivity index (χ4v) is 5.06. The summed E-state index contributed by atoms with van der Waals surface area (Å²) in [5.74, 6) is 0.850. The van der Waals surface area contributed by atoms with Crippen molar-refractivity contribution in [3.63, 3.8) is 0 Å². The zero-order valence-corrected chi connectivity index (χ0v) is 14.9. The molecule has 0 aliphatic carbocycles. The molecule has 1 amide bonds. The first-order valence-electron chi connectivity index (χ1n) is 7.85. The number of aromatic nitrogens is 1. The van der Waals surface area contributed by atoms with Crippen molar-refractivity contribution in [2.45, 2.75) is 43.9 Å². The van der Waals surface area contributed by atoms with Crippen LogP contribution in [0.5, 0.6) is 5.88 Å². The van der Waals surface area contributed by atoms with E-state index in [0.717, 1.165) is 35.0 Å². The lowest BCUT2D eigenvalue weighted by atomic mass is 9.99. The molecule has 4 rings (SSSR count). The molecule has 2 atom stereocenters. The van der Waals surface area contributed by atoms with Gasteiger partial charge in [0.1, 0.15) is 6.10 Å². The fraction of sp³-hybridized carbons (Fsp3) is 0.412. The van der Waals surface area contributed by atoms with Gasteiger partial charge in [-0.05, 0) is 40.9 Å². The summed E-state index contributed by atoms with van der Waals surface area (Å²) in [6.07, 6.45) is 5.84. The van der Waals surface area contributed by atoms with E-state index in [1.807, 2.05) is 29.6 Å². The minimum Gasteiger partial charge on any atom is -0.474 e. The van der Waals surface area contributed by atoms with Crippen LogP contribution in [0, 0.1) is 0 Å². The molecule has 0 radical (unpaired) electrons. The van der Waals surface area contributed by atoms with Gasteiger partial charge in [-0.1, -0.05) is 6.07 Å². The highest BCUT2D eigenvalue weighted by atomic mass is 79.9. The maximum atomic E-state index is 12.8. The average molecular weight is 393 g/mol. The molecule has 2 aromatic rings. The Hall–Kier alpha value is -1.40. The molecular weight excluding hydrogens is 376 g/mol. The molecule has 23 heavy (non-hydrogen) atoms. The van der Waals surface area contributed by atoms with Crippen LogP contribution in [-0.2, 0) is 0 Å². The smallest absolute Gasteiger partial charge is 0.264 e. The number of hydrogen-bond acceptors (Lipinski definition) is 4. The number of pyridine rings is 1. The van der Waals surface area contributed by atoms with Crippen LogP contribution in [0.25, 0.3) is 0 Å². The quantitative estimate of drug-likeness (QED) is 0.788. The molecular formula is C17H17BrN2O2S. The van der Waals surface area contributed by atoms with Crippen molar-refractivity contribution >= 4 is 33.2 Å². The number of amides is 1. The number of halogens is 1. The van der Waals surface area contributed by atoms with Crippen molar-refractivity contribution in [1.82, 2.24) is 9.88 Å². The first kappa shape index (κ1) is 15.1. The van der Waals surface area contributed by atoms with Crippen LogP contribution in [0.3, 0.4) is 0 Å². The van der Waals surface area contributed by atoms with Crippen LogP contribution in [0.15, 0.2) is 40.3 Å². The second-order valence-corrected chi connectivity index (χ2v) is 7.93. The Morgan fingerprint density at radius 3 is 2.70 bits per heavy atom. The SMILES string of the molecule is O=C(c1cc(Br)cs1)N1[C@H]2CC[C@H]1CC(Oc1ccccn1)C2. The lowest BCUT2D eigenvalue weighted by molar-refractivity contribution is 0.0352. The molecule has 2 aromatic heterocycles. The van der Waals surface area contributed by atoms with Crippen LogP contribution in [0.2, 0.25) is 0 Å². The normalized spacial score (nSPS) is 26.3. The summed E-state index contributed by atoms with van der Waals surface area (Å²) in [5.41, 5.74) is 0. The first-order chi connectivity index (χ1) is 11.2. The lowest BCUT2D eigenvalue weighted by Crippen LogP contribution is -2.49. The van der Waals surface area contributed by atoms with Crippen molar-refractivity contribution in [1.29, 1.82) is 0 Å². The Morgan fingerprint density at radius 2 is 2.09 bits per heavy atom. The topological polar surface area (TPSA) is 42.4 Å². The van der Waals surface area contributed by atoms with Gasteiger partial charge in [-0.2, -0.15) is 0 Å². The van der Waals surface area contributed by atoms with Gasteiger partial charge in [0.05, 0.1) is 4.88 Å². The number of rotatable bonds is 3. The monoisotopic (exact) mass is 392 g/mol. The van der Waals surface area contributed by atoms with Gasteiger partial charge in [0, 0.05) is 47.0 Å². The maximum Gasteiger partial charge on any atom is 0.264 e. The molecule has 2 aliphatic heterocycles. The molecule has 2 aliphatic rings. The number of ether oxygens (including phenoxy) is 1. The molecule has 0 spiro atoms. The van der Waals surface area contributed by atoms with Crippen molar-refractivity contribution in [2.24, 2.45) is 0 Å². The van der Waals surface area contributed by atoms with E-state index in [2.05, 4.69) is 25.8 Å².